The van der Waals surface area contributed by atoms with Crippen LogP contribution in [-0.2, 0) is 0 Å². The Labute approximate surface area is 211 Å². The molecule has 2 aromatic heterocycles. The van der Waals surface area contributed by atoms with E-state index in [0.717, 1.165) is 12.8 Å². The lowest BCUT2D eigenvalue weighted by Gasteiger charge is -2.19. The molecule has 0 spiro atoms. The van der Waals surface area contributed by atoms with E-state index in [4.69, 9.17) is 4.74 Å². The molecule has 2 atom stereocenters. The van der Waals surface area contributed by atoms with Gasteiger partial charge in [-0.2, -0.15) is 0 Å². The molecule has 1 aliphatic carbocycles. The maximum absolute atomic E-state index is 13.6. The van der Waals surface area contributed by atoms with Gasteiger partial charge in [-0.3, -0.25) is 4.79 Å². The molecule has 11 heteroatoms. The molecule has 1 aromatic carbocycles. The molecule has 1 saturated heterocycles. The molecular weight excluding hydrogens is 486 g/mol. The average molecular weight is 513 g/mol. The topological polar surface area (TPSA) is 82.9 Å². The number of nitrogens with zero attached hydrogens (tertiary/aromatic N) is 3. The van der Waals surface area contributed by atoms with Gasteiger partial charge < -0.3 is 19.4 Å². The lowest BCUT2D eigenvalue weighted by atomic mass is 10.0. The SMILES string of the molecule is COc1ccc(C(F)F)cc1-c1cn2cc(C(=O)N(C)C)nc2cc1NC1NNC(C#CC2CC2)S1. The van der Waals surface area contributed by atoms with Crippen molar-refractivity contribution in [3.05, 3.63) is 47.9 Å². The van der Waals surface area contributed by atoms with Crippen molar-refractivity contribution in [3.8, 4) is 28.7 Å². The summed E-state index contributed by atoms with van der Waals surface area (Å²) >= 11 is 1.57. The van der Waals surface area contributed by atoms with Crippen LogP contribution in [0.1, 0.15) is 35.3 Å². The minimum Gasteiger partial charge on any atom is -0.496 e. The van der Waals surface area contributed by atoms with Crippen molar-refractivity contribution in [1.82, 2.24) is 25.1 Å². The standard InChI is InChI=1S/C25H26F2N6O2S/c1-32(2)24(34)19-13-33-12-17(16-10-15(23(26)27)7-8-20(16)35-3)18(11-21(33)28-19)29-25-31-30-22(36-25)9-6-14-4-5-14/h7-8,10-14,22-23,25,29-31H,4-5H2,1-3H3. The Hall–Kier alpha value is -3.33. The molecule has 3 N–H and O–H groups in total. The van der Waals surface area contributed by atoms with Gasteiger partial charge in [-0.15, -0.1) is 0 Å². The maximum Gasteiger partial charge on any atom is 0.273 e. The molecule has 2 unspecified atom stereocenters. The number of rotatable bonds is 6. The fraction of sp³-hybridized carbons (Fsp3) is 0.360. The molecule has 2 fully saturated rings. The molecule has 0 radical (unpaired) electrons. The number of hydrazine groups is 1. The van der Waals surface area contributed by atoms with E-state index in [0.29, 0.717) is 34.1 Å². The molecule has 5 rings (SSSR count). The number of fused-ring (bicyclic) bond motifs is 1. The predicted octanol–water partition coefficient (Wildman–Crippen LogP) is 3.93. The van der Waals surface area contributed by atoms with Gasteiger partial charge in [-0.25, -0.2) is 24.6 Å². The summed E-state index contributed by atoms with van der Waals surface area (Å²) < 4.78 is 34.4. The van der Waals surface area contributed by atoms with Crippen molar-refractivity contribution in [3.63, 3.8) is 0 Å². The van der Waals surface area contributed by atoms with Crippen LogP contribution >= 0.6 is 11.8 Å². The van der Waals surface area contributed by atoms with Gasteiger partial charge in [-0.05, 0) is 31.0 Å². The number of halogens is 2. The number of hydrogen-bond donors (Lipinski definition) is 3. The van der Waals surface area contributed by atoms with Crippen LogP contribution in [0.2, 0.25) is 0 Å². The molecule has 3 heterocycles. The molecule has 1 saturated carbocycles. The van der Waals surface area contributed by atoms with E-state index < -0.39 is 6.43 Å². The van der Waals surface area contributed by atoms with Crippen LogP contribution in [0.25, 0.3) is 16.8 Å². The Balaban J connectivity index is 1.55. The molecule has 2 aliphatic rings. The molecule has 188 valence electrons. The van der Waals surface area contributed by atoms with Crippen LogP contribution in [0, 0.1) is 17.8 Å². The third kappa shape index (κ3) is 5.11. The number of hydrogen-bond acceptors (Lipinski definition) is 7. The highest BCUT2D eigenvalue weighted by Crippen LogP contribution is 2.39. The van der Waals surface area contributed by atoms with Gasteiger partial charge in [0.15, 0.2) is 0 Å². The third-order valence-electron chi connectivity index (χ3n) is 5.88. The molecule has 36 heavy (non-hydrogen) atoms. The highest BCUT2D eigenvalue weighted by atomic mass is 32.2. The number of pyridine rings is 1. The van der Waals surface area contributed by atoms with E-state index in [1.165, 1.54) is 30.2 Å². The fourth-order valence-electron chi connectivity index (χ4n) is 3.83. The van der Waals surface area contributed by atoms with Crippen LogP contribution in [-0.4, -0.2) is 52.3 Å². The second-order valence-electron chi connectivity index (χ2n) is 8.84. The number of nitrogens with one attached hydrogen (secondary N) is 3. The van der Waals surface area contributed by atoms with Crippen molar-refractivity contribution in [2.45, 2.75) is 30.1 Å². The van der Waals surface area contributed by atoms with Gasteiger partial charge in [0.05, 0.1) is 7.11 Å². The predicted molar refractivity (Wildman–Crippen MR) is 136 cm³/mol. The van der Waals surface area contributed by atoms with E-state index in [-0.39, 0.29) is 28.0 Å². The summed E-state index contributed by atoms with van der Waals surface area (Å²) in [6, 6.07) is 6.11. The van der Waals surface area contributed by atoms with E-state index >= 15 is 0 Å². The molecule has 8 nitrogen and oxygen atoms in total. The Kier molecular flexibility index (Phi) is 6.75. The summed E-state index contributed by atoms with van der Waals surface area (Å²) in [6.07, 6.45) is 3.08. The van der Waals surface area contributed by atoms with Crippen molar-refractivity contribution in [1.29, 1.82) is 0 Å². The summed E-state index contributed by atoms with van der Waals surface area (Å²) in [4.78, 5) is 18.4. The summed E-state index contributed by atoms with van der Waals surface area (Å²) in [5.74, 6) is 7.21. The van der Waals surface area contributed by atoms with Crippen molar-refractivity contribution < 1.29 is 18.3 Å². The summed E-state index contributed by atoms with van der Waals surface area (Å²) in [7, 11) is 4.81. The summed E-state index contributed by atoms with van der Waals surface area (Å²) in [6.45, 7) is 0. The number of imidazole rings is 1. The van der Waals surface area contributed by atoms with Gasteiger partial charge in [0.25, 0.3) is 12.3 Å². The first-order valence-corrected chi connectivity index (χ1v) is 12.4. The van der Waals surface area contributed by atoms with Crippen LogP contribution in [0.5, 0.6) is 5.75 Å². The van der Waals surface area contributed by atoms with Gasteiger partial charge in [0.1, 0.15) is 28.0 Å². The number of benzene rings is 1. The molecule has 0 bridgehead atoms. The first-order chi connectivity index (χ1) is 17.3. The molecule has 1 aliphatic heterocycles. The van der Waals surface area contributed by atoms with Crippen LogP contribution in [0.3, 0.4) is 0 Å². The van der Waals surface area contributed by atoms with Crippen LogP contribution in [0.15, 0.2) is 36.7 Å². The van der Waals surface area contributed by atoms with Crippen molar-refractivity contribution in [2.24, 2.45) is 5.92 Å². The second-order valence-corrected chi connectivity index (χ2v) is 10.1. The minimum absolute atomic E-state index is 0.0808. The zero-order chi connectivity index (χ0) is 25.4. The lowest BCUT2D eigenvalue weighted by molar-refractivity contribution is 0.0822. The summed E-state index contributed by atoms with van der Waals surface area (Å²) in [5, 5.41) is 3.34. The quantitative estimate of drug-likeness (QED) is 0.432. The normalized spacial score (nSPS) is 19.3. The average Bonchev–Trinajstić information content (AvgIpc) is 3.44. The van der Waals surface area contributed by atoms with Gasteiger partial charge in [-0.1, -0.05) is 23.6 Å². The lowest BCUT2D eigenvalue weighted by Crippen LogP contribution is -2.36. The second kappa shape index (κ2) is 9.97. The fourth-order valence-corrected chi connectivity index (χ4v) is 4.71. The number of aromatic nitrogens is 2. The van der Waals surface area contributed by atoms with Gasteiger partial charge in [0, 0.05) is 60.9 Å². The van der Waals surface area contributed by atoms with Crippen molar-refractivity contribution in [2.75, 3.05) is 26.5 Å². The van der Waals surface area contributed by atoms with E-state index in [9.17, 15) is 13.6 Å². The molecular formula is C25H26F2N6O2S. The van der Waals surface area contributed by atoms with Crippen molar-refractivity contribution >= 4 is 29.0 Å². The zero-order valence-electron chi connectivity index (χ0n) is 20.0. The minimum atomic E-state index is -2.63. The smallest absolute Gasteiger partial charge is 0.273 e. The first-order valence-electron chi connectivity index (χ1n) is 11.5. The Morgan fingerprint density at radius 1 is 1.22 bits per heavy atom. The monoisotopic (exact) mass is 512 g/mol. The molecule has 3 aromatic rings. The number of anilines is 1. The number of carbonyl (C=O) groups is 1. The Morgan fingerprint density at radius 2 is 2.03 bits per heavy atom. The highest BCUT2D eigenvalue weighted by molar-refractivity contribution is 8.01. The van der Waals surface area contributed by atoms with E-state index in [2.05, 4.69) is 33.0 Å². The van der Waals surface area contributed by atoms with Crippen LogP contribution < -0.4 is 20.9 Å². The number of carbonyl (C=O) groups excluding carboxylic acids is 1. The maximum atomic E-state index is 13.6. The third-order valence-corrected chi connectivity index (χ3v) is 6.90. The number of thioether (sulfide) groups is 1. The van der Waals surface area contributed by atoms with E-state index in [1.807, 2.05) is 0 Å². The van der Waals surface area contributed by atoms with Gasteiger partial charge >= 0.3 is 0 Å². The largest absolute Gasteiger partial charge is 0.496 e. The number of amides is 1. The highest BCUT2D eigenvalue weighted by Gasteiger charge is 2.26. The number of alkyl halides is 2. The van der Waals surface area contributed by atoms with Gasteiger partial charge in [0.2, 0.25) is 0 Å². The van der Waals surface area contributed by atoms with Crippen LogP contribution in [0.4, 0.5) is 14.5 Å². The van der Waals surface area contributed by atoms with E-state index in [1.54, 1.807) is 48.7 Å². The first kappa shape index (κ1) is 24.4. The number of methoxy groups -OCH3 is 1. The number of ether oxygens (including phenoxy) is 1. The zero-order valence-corrected chi connectivity index (χ0v) is 20.8. The Bertz CT molecular complexity index is 1360. The Morgan fingerprint density at radius 3 is 2.72 bits per heavy atom. The molecule has 1 amide bonds. The summed E-state index contributed by atoms with van der Waals surface area (Å²) in [5.41, 5.74) is 8.57.